The summed E-state index contributed by atoms with van der Waals surface area (Å²) < 4.78 is 2.33. The fraction of sp³-hybridized carbons (Fsp3) is 0.667. The van der Waals surface area contributed by atoms with Crippen molar-refractivity contribution in [2.75, 3.05) is 0 Å². The summed E-state index contributed by atoms with van der Waals surface area (Å²) >= 11 is 0. The minimum atomic E-state index is 0.238. The largest absolute Gasteiger partial charge is 0.351 e. The lowest BCUT2D eigenvalue weighted by Gasteiger charge is -2.34. The van der Waals surface area contributed by atoms with Crippen molar-refractivity contribution in [1.82, 2.24) is 4.57 Å². The van der Waals surface area contributed by atoms with Crippen LogP contribution in [-0.2, 0) is 13.0 Å². The second-order valence-electron chi connectivity index (χ2n) is 5.16. The van der Waals surface area contributed by atoms with Gasteiger partial charge in [0.1, 0.15) is 0 Å². The molecule has 0 fully saturated rings. The van der Waals surface area contributed by atoms with Crippen LogP contribution in [0.15, 0.2) is 12.3 Å². The van der Waals surface area contributed by atoms with Gasteiger partial charge in [-0.15, -0.1) is 0 Å². The number of aryl methyl sites for hydroxylation is 1. The van der Waals surface area contributed by atoms with Crippen molar-refractivity contribution in [3.05, 3.63) is 23.5 Å². The maximum Gasteiger partial charge on any atom is 0.0318 e. The van der Waals surface area contributed by atoms with E-state index in [-0.39, 0.29) is 6.04 Å². The highest BCUT2D eigenvalue weighted by molar-refractivity contribution is 5.30. The molecule has 0 saturated carbocycles. The molecule has 1 aliphatic rings. The highest BCUT2D eigenvalue weighted by Crippen LogP contribution is 2.39. The maximum absolute atomic E-state index is 6.18. The molecule has 2 nitrogen and oxygen atoms in total. The third-order valence-electron chi connectivity index (χ3n) is 3.27. The molecule has 78 valence electrons. The quantitative estimate of drug-likeness (QED) is 0.728. The normalized spacial score (nSPS) is 24.7. The molecular weight excluding hydrogens is 172 g/mol. The highest BCUT2D eigenvalue weighted by Gasteiger charge is 2.31. The lowest BCUT2D eigenvalue weighted by atomic mass is 9.74. The summed E-state index contributed by atoms with van der Waals surface area (Å²) in [4.78, 5) is 0. The van der Waals surface area contributed by atoms with E-state index >= 15 is 0 Å². The van der Waals surface area contributed by atoms with Crippen LogP contribution in [0.4, 0.5) is 0 Å². The molecular formula is C12H20N2. The molecule has 0 radical (unpaired) electrons. The predicted octanol–water partition coefficient (Wildman–Crippen LogP) is 2.48. The topological polar surface area (TPSA) is 30.9 Å². The fourth-order valence-electron chi connectivity index (χ4n) is 2.59. The van der Waals surface area contributed by atoms with Crippen molar-refractivity contribution in [2.45, 2.75) is 46.2 Å². The molecule has 1 aromatic heterocycles. The molecule has 0 spiro atoms. The second kappa shape index (κ2) is 3.13. The summed E-state index contributed by atoms with van der Waals surface area (Å²) in [7, 11) is 0. The van der Waals surface area contributed by atoms with E-state index < -0.39 is 0 Å². The molecule has 2 heteroatoms. The van der Waals surface area contributed by atoms with E-state index in [2.05, 4.69) is 37.6 Å². The van der Waals surface area contributed by atoms with Gasteiger partial charge in [0.25, 0.3) is 0 Å². The van der Waals surface area contributed by atoms with Crippen molar-refractivity contribution in [3.63, 3.8) is 0 Å². The Kier molecular flexibility index (Phi) is 2.18. The second-order valence-corrected chi connectivity index (χ2v) is 5.16. The number of hydrogen-bond donors (Lipinski definition) is 1. The van der Waals surface area contributed by atoms with E-state index in [1.54, 1.807) is 0 Å². The molecule has 2 rings (SSSR count). The third kappa shape index (κ3) is 1.48. The molecule has 14 heavy (non-hydrogen) atoms. The van der Waals surface area contributed by atoms with Crippen LogP contribution in [0.5, 0.6) is 0 Å². The van der Waals surface area contributed by atoms with Gasteiger partial charge in [-0.25, -0.2) is 0 Å². The maximum atomic E-state index is 6.18. The summed E-state index contributed by atoms with van der Waals surface area (Å²) in [5, 5.41) is 0. The lowest BCUT2D eigenvalue weighted by Crippen LogP contribution is -2.30. The predicted molar refractivity (Wildman–Crippen MR) is 59.1 cm³/mol. The van der Waals surface area contributed by atoms with Crippen molar-refractivity contribution >= 4 is 0 Å². The van der Waals surface area contributed by atoms with E-state index in [4.69, 9.17) is 5.73 Å². The third-order valence-corrected chi connectivity index (χ3v) is 3.27. The number of aromatic nitrogens is 1. The first-order chi connectivity index (χ1) is 6.53. The summed E-state index contributed by atoms with van der Waals surface area (Å²) in [6.45, 7) is 7.86. The van der Waals surface area contributed by atoms with Gasteiger partial charge in [0.15, 0.2) is 0 Å². The van der Waals surface area contributed by atoms with E-state index in [9.17, 15) is 0 Å². The van der Waals surface area contributed by atoms with Gasteiger partial charge in [-0.05, 0) is 36.8 Å². The average Bonchev–Trinajstić information content (AvgIpc) is 2.45. The minimum Gasteiger partial charge on any atom is -0.351 e. The molecule has 0 amide bonds. The molecule has 1 aromatic rings. The number of nitrogens with zero attached hydrogens (tertiary/aromatic N) is 1. The zero-order valence-electron chi connectivity index (χ0n) is 9.38. The standard InChI is InChI=1S/C12H20N2/c1-4-14-6-5-9-10(13)7-12(2,3)8-11(9)14/h5-6,10H,4,7-8,13H2,1-3H3. The molecule has 0 saturated heterocycles. The summed E-state index contributed by atoms with van der Waals surface area (Å²) in [6.07, 6.45) is 4.44. The molecule has 1 unspecified atom stereocenters. The first-order valence-corrected chi connectivity index (χ1v) is 5.47. The molecule has 0 aromatic carbocycles. The van der Waals surface area contributed by atoms with E-state index in [0.717, 1.165) is 19.4 Å². The molecule has 1 heterocycles. The Bertz CT molecular complexity index is 336. The van der Waals surface area contributed by atoms with Crippen molar-refractivity contribution in [2.24, 2.45) is 11.1 Å². The summed E-state index contributed by atoms with van der Waals surface area (Å²) in [5.41, 5.74) is 9.36. The van der Waals surface area contributed by atoms with E-state index in [1.165, 1.54) is 11.3 Å². The van der Waals surface area contributed by atoms with Gasteiger partial charge < -0.3 is 10.3 Å². The van der Waals surface area contributed by atoms with Crippen LogP contribution >= 0.6 is 0 Å². The molecule has 0 bridgehead atoms. The molecule has 1 atom stereocenters. The van der Waals surface area contributed by atoms with Gasteiger partial charge in [0.2, 0.25) is 0 Å². The van der Waals surface area contributed by atoms with Crippen LogP contribution in [0.1, 0.15) is 44.5 Å². The van der Waals surface area contributed by atoms with Crippen molar-refractivity contribution in [3.8, 4) is 0 Å². The average molecular weight is 192 g/mol. The zero-order chi connectivity index (χ0) is 10.3. The van der Waals surface area contributed by atoms with E-state index in [0.29, 0.717) is 5.41 Å². The van der Waals surface area contributed by atoms with Gasteiger partial charge in [-0.2, -0.15) is 0 Å². The Labute approximate surface area is 86.1 Å². The van der Waals surface area contributed by atoms with Gasteiger partial charge in [-0.1, -0.05) is 13.8 Å². The van der Waals surface area contributed by atoms with Crippen LogP contribution in [0.25, 0.3) is 0 Å². The number of nitrogens with two attached hydrogens (primary N) is 1. The number of hydrogen-bond acceptors (Lipinski definition) is 1. The number of rotatable bonds is 1. The Morgan fingerprint density at radius 1 is 1.57 bits per heavy atom. The van der Waals surface area contributed by atoms with Crippen molar-refractivity contribution in [1.29, 1.82) is 0 Å². The van der Waals surface area contributed by atoms with Crippen LogP contribution in [0, 0.1) is 5.41 Å². The zero-order valence-corrected chi connectivity index (χ0v) is 9.38. The fourth-order valence-corrected chi connectivity index (χ4v) is 2.59. The molecule has 1 aliphatic carbocycles. The molecule has 0 aliphatic heterocycles. The monoisotopic (exact) mass is 192 g/mol. The first kappa shape index (κ1) is 9.78. The van der Waals surface area contributed by atoms with Crippen LogP contribution in [-0.4, -0.2) is 4.57 Å². The van der Waals surface area contributed by atoms with Crippen LogP contribution in [0.2, 0.25) is 0 Å². The highest BCUT2D eigenvalue weighted by atomic mass is 15.0. The number of fused-ring (bicyclic) bond motifs is 1. The van der Waals surface area contributed by atoms with Gasteiger partial charge in [0.05, 0.1) is 0 Å². The Hall–Kier alpha value is -0.760. The lowest BCUT2D eigenvalue weighted by molar-refractivity contribution is 0.275. The van der Waals surface area contributed by atoms with Crippen LogP contribution in [0.3, 0.4) is 0 Å². The first-order valence-electron chi connectivity index (χ1n) is 5.47. The van der Waals surface area contributed by atoms with Crippen molar-refractivity contribution < 1.29 is 0 Å². The van der Waals surface area contributed by atoms with Gasteiger partial charge in [0, 0.05) is 24.5 Å². The van der Waals surface area contributed by atoms with E-state index in [1.807, 2.05) is 0 Å². The van der Waals surface area contributed by atoms with Gasteiger partial charge >= 0.3 is 0 Å². The smallest absolute Gasteiger partial charge is 0.0318 e. The Morgan fingerprint density at radius 2 is 2.29 bits per heavy atom. The Balaban J connectivity index is 2.43. The Morgan fingerprint density at radius 3 is 2.93 bits per heavy atom. The summed E-state index contributed by atoms with van der Waals surface area (Å²) in [5.74, 6) is 0. The molecule has 2 N–H and O–H groups in total. The van der Waals surface area contributed by atoms with Gasteiger partial charge in [-0.3, -0.25) is 0 Å². The SMILES string of the molecule is CCn1ccc2c1CC(C)(C)CC2N. The van der Waals surface area contributed by atoms with Crippen LogP contribution < -0.4 is 5.73 Å². The minimum absolute atomic E-state index is 0.238. The summed E-state index contributed by atoms with van der Waals surface area (Å²) in [6, 6.07) is 2.43.